The van der Waals surface area contributed by atoms with Crippen LogP contribution in [0.5, 0.6) is 5.75 Å². The van der Waals surface area contributed by atoms with Gasteiger partial charge in [0.25, 0.3) is 0 Å². The molecule has 2 rings (SSSR count). The zero-order valence-corrected chi connectivity index (χ0v) is 11.4. The van der Waals surface area contributed by atoms with Crippen molar-refractivity contribution >= 4 is 11.6 Å². The molecule has 1 unspecified atom stereocenters. The van der Waals surface area contributed by atoms with Crippen LogP contribution < -0.4 is 4.74 Å². The number of aromatic nitrogens is 1. The average molecular weight is 318 g/mol. The van der Waals surface area contributed by atoms with Crippen molar-refractivity contribution in [1.82, 2.24) is 4.98 Å². The number of nitrogens with zero attached hydrogens (tertiary/aromatic N) is 1. The minimum atomic E-state index is -4.56. The van der Waals surface area contributed by atoms with Crippen LogP contribution in [0.3, 0.4) is 0 Å². The minimum absolute atomic E-state index is 0.327. The van der Waals surface area contributed by atoms with Crippen LogP contribution >= 0.6 is 11.6 Å². The predicted molar refractivity (Wildman–Crippen MR) is 71.1 cm³/mol. The first-order valence-corrected chi connectivity index (χ1v) is 6.33. The lowest BCUT2D eigenvalue weighted by Gasteiger charge is -2.17. The summed E-state index contributed by atoms with van der Waals surface area (Å²) in [6.07, 6.45) is -4.00. The van der Waals surface area contributed by atoms with E-state index >= 15 is 0 Å². The molecule has 0 saturated carbocycles. The summed E-state index contributed by atoms with van der Waals surface area (Å²) < 4.78 is 43.7. The van der Waals surface area contributed by atoms with E-state index in [1.165, 1.54) is 6.07 Å². The Bertz CT molecular complexity index is 619. The van der Waals surface area contributed by atoms with E-state index in [-0.39, 0.29) is 12.2 Å². The Hall–Kier alpha value is -1.79. The highest BCUT2D eigenvalue weighted by atomic mass is 35.5. The fourth-order valence-corrected chi connectivity index (χ4v) is 1.93. The van der Waals surface area contributed by atoms with Gasteiger partial charge in [0.2, 0.25) is 0 Å². The number of benzene rings is 1. The standard InChI is InChI=1S/C14H11ClF3NO2/c15-9-2-1-3-10(6-9)21-8-13(20)11-7-19-5-4-12(11)14(16,17)18/h1-7,13,20H,8H2. The van der Waals surface area contributed by atoms with E-state index in [0.717, 1.165) is 18.5 Å². The highest BCUT2D eigenvalue weighted by Gasteiger charge is 2.35. The fourth-order valence-electron chi connectivity index (χ4n) is 1.75. The summed E-state index contributed by atoms with van der Waals surface area (Å²) in [5.74, 6) is 0.360. The van der Waals surface area contributed by atoms with Gasteiger partial charge in [0, 0.05) is 23.0 Å². The predicted octanol–water partition coefficient (Wildman–Crippen LogP) is 3.87. The van der Waals surface area contributed by atoms with Crippen LogP contribution in [0.1, 0.15) is 17.2 Å². The molecule has 0 bridgehead atoms. The summed E-state index contributed by atoms with van der Waals surface area (Å²) in [6.45, 7) is -0.338. The van der Waals surface area contributed by atoms with Crippen LogP contribution in [-0.2, 0) is 6.18 Å². The quantitative estimate of drug-likeness (QED) is 0.931. The van der Waals surface area contributed by atoms with Crippen molar-refractivity contribution < 1.29 is 23.0 Å². The van der Waals surface area contributed by atoms with E-state index in [2.05, 4.69) is 4.98 Å². The maximum Gasteiger partial charge on any atom is 0.416 e. The van der Waals surface area contributed by atoms with Crippen molar-refractivity contribution in [3.63, 3.8) is 0 Å². The lowest BCUT2D eigenvalue weighted by atomic mass is 10.1. The first kappa shape index (κ1) is 15.6. The molecule has 2 aromatic rings. The van der Waals surface area contributed by atoms with Gasteiger partial charge in [-0.25, -0.2) is 0 Å². The molecular weight excluding hydrogens is 307 g/mol. The second-order valence-electron chi connectivity index (χ2n) is 4.24. The Morgan fingerprint density at radius 1 is 1.29 bits per heavy atom. The SMILES string of the molecule is OC(COc1cccc(Cl)c1)c1cnccc1C(F)(F)F. The molecule has 0 aliphatic carbocycles. The number of hydrogen-bond acceptors (Lipinski definition) is 3. The van der Waals surface area contributed by atoms with Gasteiger partial charge >= 0.3 is 6.18 Å². The van der Waals surface area contributed by atoms with Crippen LogP contribution in [0.2, 0.25) is 5.02 Å². The number of alkyl halides is 3. The van der Waals surface area contributed by atoms with Crippen molar-refractivity contribution in [3.8, 4) is 5.75 Å². The number of aliphatic hydroxyl groups excluding tert-OH is 1. The fraction of sp³-hybridized carbons (Fsp3) is 0.214. The van der Waals surface area contributed by atoms with Crippen LogP contribution in [-0.4, -0.2) is 16.7 Å². The number of rotatable bonds is 4. The maximum absolute atomic E-state index is 12.8. The molecule has 3 nitrogen and oxygen atoms in total. The van der Waals surface area contributed by atoms with Gasteiger partial charge in [0.15, 0.2) is 0 Å². The first-order chi connectivity index (χ1) is 9.88. The summed E-state index contributed by atoms with van der Waals surface area (Å²) in [5, 5.41) is 10.3. The van der Waals surface area contributed by atoms with E-state index in [1.807, 2.05) is 0 Å². The molecule has 0 radical (unpaired) electrons. The smallest absolute Gasteiger partial charge is 0.416 e. The summed E-state index contributed by atoms with van der Waals surface area (Å²) >= 11 is 5.76. The molecule has 112 valence electrons. The molecule has 1 aromatic carbocycles. The molecule has 0 aliphatic rings. The first-order valence-electron chi connectivity index (χ1n) is 5.95. The number of halogens is 4. The van der Waals surface area contributed by atoms with Gasteiger partial charge in [-0.05, 0) is 24.3 Å². The van der Waals surface area contributed by atoms with Gasteiger partial charge in [-0.2, -0.15) is 13.2 Å². The van der Waals surface area contributed by atoms with Crippen LogP contribution in [0.15, 0.2) is 42.7 Å². The molecule has 0 amide bonds. The zero-order valence-electron chi connectivity index (χ0n) is 10.6. The lowest BCUT2D eigenvalue weighted by molar-refractivity contribution is -0.139. The van der Waals surface area contributed by atoms with E-state index in [4.69, 9.17) is 16.3 Å². The van der Waals surface area contributed by atoms with Crippen molar-refractivity contribution in [3.05, 3.63) is 58.9 Å². The average Bonchev–Trinajstić information content (AvgIpc) is 2.44. The van der Waals surface area contributed by atoms with Crippen molar-refractivity contribution in [2.45, 2.75) is 12.3 Å². The van der Waals surface area contributed by atoms with Gasteiger partial charge < -0.3 is 9.84 Å². The topological polar surface area (TPSA) is 42.4 Å². The zero-order chi connectivity index (χ0) is 15.5. The Labute approximate surface area is 124 Å². The van der Waals surface area contributed by atoms with Crippen LogP contribution in [0, 0.1) is 0 Å². The minimum Gasteiger partial charge on any atom is -0.490 e. The van der Waals surface area contributed by atoms with E-state index in [0.29, 0.717) is 10.8 Å². The second-order valence-corrected chi connectivity index (χ2v) is 4.68. The molecule has 0 aliphatic heterocycles. The van der Waals surface area contributed by atoms with E-state index < -0.39 is 17.8 Å². The van der Waals surface area contributed by atoms with E-state index in [1.54, 1.807) is 18.2 Å². The molecule has 1 atom stereocenters. The lowest BCUT2D eigenvalue weighted by Crippen LogP contribution is -2.16. The number of aliphatic hydroxyl groups is 1. The molecule has 0 saturated heterocycles. The molecule has 0 spiro atoms. The van der Waals surface area contributed by atoms with Crippen molar-refractivity contribution in [1.29, 1.82) is 0 Å². The van der Waals surface area contributed by atoms with Gasteiger partial charge in [0.1, 0.15) is 18.5 Å². The van der Waals surface area contributed by atoms with Gasteiger partial charge in [-0.1, -0.05) is 17.7 Å². The number of hydrogen-bond donors (Lipinski definition) is 1. The molecule has 21 heavy (non-hydrogen) atoms. The molecule has 7 heteroatoms. The maximum atomic E-state index is 12.8. The largest absolute Gasteiger partial charge is 0.490 e. The highest BCUT2D eigenvalue weighted by Crippen LogP contribution is 2.34. The summed E-state index contributed by atoms with van der Waals surface area (Å²) in [5.41, 5.74) is -1.26. The third-order valence-corrected chi connectivity index (χ3v) is 2.96. The molecule has 1 N–H and O–H groups in total. The monoisotopic (exact) mass is 317 g/mol. The third kappa shape index (κ3) is 4.09. The second kappa shape index (κ2) is 6.32. The number of pyridine rings is 1. The summed E-state index contributed by atoms with van der Waals surface area (Å²) in [6, 6.07) is 7.18. The molecular formula is C14H11ClF3NO2. The van der Waals surface area contributed by atoms with Gasteiger partial charge in [-0.15, -0.1) is 0 Å². The summed E-state index contributed by atoms with van der Waals surface area (Å²) in [7, 11) is 0. The Kier molecular flexibility index (Phi) is 4.69. The van der Waals surface area contributed by atoms with Crippen LogP contribution in [0.4, 0.5) is 13.2 Å². The normalized spacial score (nSPS) is 13.0. The van der Waals surface area contributed by atoms with Gasteiger partial charge in [-0.3, -0.25) is 4.98 Å². The highest BCUT2D eigenvalue weighted by molar-refractivity contribution is 6.30. The van der Waals surface area contributed by atoms with Crippen LogP contribution in [0.25, 0.3) is 0 Å². The Morgan fingerprint density at radius 2 is 2.05 bits per heavy atom. The third-order valence-electron chi connectivity index (χ3n) is 2.72. The van der Waals surface area contributed by atoms with Gasteiger partial charge in [0.05, 0.1) is 5.56 Å². The van der Waals surface area contributed by atoms with Crippen molar-refractivity contribution in [2.75, 3.05) is 6.61 Å². The summed E-state index contributed by atoms with van der Waals surface area (Å²) in [4.78, 5) is 3.61. The Morgan fingerprint density at radius 3 is 2.71 bits per heavy atom. The Balaban J connectivity index is 2.12. The van der Waals surface area contributed by atoms with E-state index in [9.17, 15) is 18.3 Å². The molecule has 0 fully saturated rings. The van der Waals surface area contributed by atoms with Crippen molar-refractivity contribution in [2.24, 2.45) is 0 Å². The molecule has 1 aromatic heterocycles. The number of ether oxygens (including phenoxy) is 1. The molecule has 1 heterocycles.